The Bertz CT molecular complexity index is 98.3. The lowest BCUT2D eigenvalue weighted by Gasteiger charge is -1.93. The molecule has 0 amide bonds. The number of hydrogen-bond acceptors (Lipinski definition) is 2. The van der Waals surface area contributed by atoms with Gasteiger partial charge in [0.1, 0.15) is 0 Å². The quantitative estimate of drug-likeness (QED) is 0.440. The molecular formula is C5H7O2-. The summed E-state index contributed by atoms with van der Waals surface area (Å²) in [6, 6.07) is 0. The molecular weight excluding hydrogens is 92.1 g/mol. The van der Waals surface area contributed by atoms with Gasteiger partial charge in [-0.15, -0.1) is 0 Å². The fourth-order valence-corrected chi connectivity index (χ4v) is 0.651. The molecule has 7 heavy (non-hydrogen) atoms. The fraction of sp³-hybridized carbons (Fsp3) is 0.800. The molecule has 1 aliphatic rings. The van der Waals surface area contributed by atoms with Gasteiger partial charge in [-0.2, -0.15) is 0 Å². The van der Waals surface area contributed by atoms with E-state index in [-0.39, 0.29) is 5.92 Å². The summed E-state index contributed by atoms with van der Waals surface area (Å²) < 4.78 is 0. The van der Waals surface area contributed by atoms with E-state index in [1.165, 1.54) is 0 Å². The molecule has 2 heteroatoms. The summed E-state index contributed by atoms with van der Waals surface area (Å²) >= 11 is 0. The number of carbonyl (C=O) groups excluding carboxylic acids is 1. The lowest BCUT2D eigenvalue weighted by atomic mass is 10.3. The third-order valence-corrected chi connectivity index (χ3v) is 1.41. The van der Waals surface area contributed by atoms with E-state index in [1.807, 2.05) is 6.92 Å². The van der Waals surface area contributed by atoms with Crippen LogP contribution in [-0.2, 0) is 4.79 Å². The molecule has 1 rings (SSSR count). The van der Waals surface area contributed by atoms with Crippen LogP contribution in [0.15, 0.2) is 0 Å². The monoisotopic (exact) mass is 99.0 g/mol. The van der Waals surface area contributed by atoms with Crippen LogP contribution in [0.5, 0.6) is 0 Å². The van der Waals surface area contributed by atoms with E-state index in [4.69, 9.17) is 0 Å². The first kappa shape index (κ1) is 4.62. The normalized spacial score (nSPS) is 37.9. The van der Waals surface area contributed by atoms with Gasteiger partial charge in [-0.05, 0) is 12.3 Å². The van der Waals surface area contributed by atoms with Crippen LogP contribution in [0.25, 0.3) is 0 Å². The molecule has 0 aromatic heterocycles. The summed E-state index contributed by atoms with van der Waals surface area (Å²) in [5.41, 5.74) is 0. The van der Waals surface area contributed by atoms with E-state index in [2.05, 4.69) is 0 Å². The lowest BCUT2D eigenvalue weighted by molar-refractivity contribution is -0.308. The Morgan fingerprint density at radius 1 is 1.86 bits per heavy atom. The van der Waals surface area contributed by atoms with Gasteiger partial charge in [0.05, 0.1) is 0 Å². The highest BCUT2D eigenvalue weighted by atomic mass is 16.4. The Morgan fingerprint density at radius 2 is 2.29 bits per heavy atom. The summed E-state index contributed by atoms with van der Waals surface area (Å²) in [5.74, 6) is -0.627. The van der Waals surface area contributed by atoms with Crippen molar-refractivity contribution in [3.05, 3.63) is 0 Å². The average molecular weight is 99.1 g/mol. The standard InChI is InChI=1S/C5H8O2/c1-3-2-4(3)5(6)7/h3-4H,2H2,1H3,(H,6,7)/p-1. The van der Waals surface area contributed by atoms with Gasteiger partial charge >= 0.3 is 0 Å². The van der Waals surface area contributed by atoms with E-state index < -0.39 is 5.97 Å². The zero-order valence-corrected chi connectivity index (χ0v) is 4.18. The molecule has 2 atom stereocenters. The molecule has 0 heterocycles. The summed E-state index contributed by atoms with van der Waals surface area (Å²) in [4.78, 5) is 9.86. The van der Waals surface area contributed by atoms with Crippen molar-refractivity contribution < 1.29 is 9.90 Å². The van der Waals surface area contributed by atoms with Crippen molar-refractivity contribution in [1.82, 2.24) is 0 Å². The first-order valence-electron chi connectivity index (χ1n) is 2.42. The van der Waals surface area contributed by atoms with E-state index in [9.17, 15) is 9.90 Å². The third kappa shape index (κ3) is 0.734. The van der Waals surface area contributed by atoms with Crippen LogP contribution in [0.2, 0.25) is 0 Å². The highest BCUT2D eigenvalue weighted by Crippen LogP contribution is 2.36. The largest absolute Gasteiger partial charge is 0.550 e. The van der Waals surface area contributed by atoms with Crippen molar-refractivity contribution in [1.29, 1.82) is 0 Å². The van der Waals surface area contributed by atoms with Gasteiger partial charge in [0.15, 0.2) is 0 Å². The van der Waals surface area contributed by atoms with Crippen LogP contribution >= 0.6 is 0 Å². The van der Waals surface area contributed by atoms with Gasteiger partial charge in [-0.3, -0.25) is 0 Å². The number of rotatable bonds is 1. The van der Waals surface area contributed by atoms with E-state index in [0.29, 0.717) is 5.92 Å². The van der Waals surface area contributed by atoms with Gasteiger partial charge < -0.3 is 9.90 Å². The number of carboxylic acid groups (broad SMARTS) is 1. The maximum Gasteiger partial charge on any atom is 0.0448 e. The Hall–Kier alpha value is -0.530. The van der Waals surface area contributed by atoms with Crippen molar-refractivity contribution in [3.8, 4) is 0 Å². The van der Waals surface area contributed by atoms with E-state index in [0.717, 1.165) is 6.42 Å². The average Bonchev–Trinajstić information content (AvgIpc) is 2.17. The topological polar surface area (TPSA) is 40.1 Å². The number of hydrogen-bond donors (Lipinski definition) is 0. The maximum absolute atomic E-state index is 9.86. The smallest absolute Gasteiger partial charge is 0.0448 e. The molecule has 0 bridgehead atoms. The molecule has 40 valence electrons. The summed E-state index contributed by atoms with van der Waals surface area (Å²) in [7, 11) is 0. The molecule has 1 saturated carbocycles. The molecule has 2 nitrogen and oxygen atoms in total. The van der Waals surface area contributed by atoms with Gasteiger partial charge in [0, 0.05) is 11.9 Å². The Balaban J connectivity index is 2.33. The van der Waals surface area contributed by atoms with Crippen LogP contribution in [0.1, 0.15) is 13.3 Å². The fourth-order valence-electron chi connectivity index (χ4n) is 0.651. The lowest BCUT2D eigenvalue weighted by Crippen LogP contribution is -2.24. The predicted octanol–water partition coefficient (Wildman–Crippen LogP) is -0.608. The van der Waals surface area contributed by atoms with E-state index >= 15 is 0 Å². The van der Waals surface area contributed by atoms with Crippen LogP contribution in [0.3, 0.4) is 0 Å². The van der Waals surface area contributed by atoms with E-state index in [1.54, 1.807) is 0 Å². The zero-order valence-electron chi connectivity index (χ0n) is 4.18. The minimum Gasteiger partial charge on any atom is -0.550 e. The van der Waals surface area contributed by atoms with Crippen LogP contribution in [-0.4, -0.2) is 5.97 Å². The Labute approximate surface area is 42.1 Å². The van der Waals surface area contributed by atoms with Crippen molar-refractivity contribution in [2.24, 2.45) is 11.8 Å². The van der Waals surface area contributed by atoms with Crippen LogP contribution in [0.4, 0.5) is 0 Å². The minimum absolute atomic E-state index is 0.125. The van der Waals surface area contributed by atoms with Gasteiger partial charge in [-0.25, -0.2) is 0 Å². The second-order valence-electron chi connectivity index (χ2n) is 2.14. The molecule has 2 unspecified atom stereocenters. The number of carboxylic acids is 1. The maximum atomic E-state index is 9.86. The summed E-state index contributed by atoms with van der Waals surface area (Å²) in [5, 5.41) is 9.86. The molecule has 0 spiro atoms. The molecule has 0 aromatic carbocycles. The molecule has 0 aromatic rings. The number of carbonyl (C=O) groups is 1. The summed E-state index contributed by atoms with van der Waals surface area (Å²) in [6.07, 6.45) is 0.822. The predicted molar refractivity (Wildman–Crippen MR) is 22.3 cm³/mol. The minimum atomic E-state index is -0.882. The van der Waals surface area contributed by atoms with Crippen molar-refractivity contribution in [2.45, 2.75) is 13.3 Å². The number of aliphatic carboxylic acids is 1. The molecule has 0 radical (unpaired) electrons. The molecule has 0 N–H and O–H groups in total. The second-order valence-corrected chi connectivity index (χ2v) is 2.14. The molecule has 1 aliphatic carbocycles. The summed E-state index contributed by atoms with van der Waals surface area (Å²) in [6.45, 7) is 1.92. The highest BCUT2D eigenvalue weighted by molar-refractivity contribution is 5.70. The Morgan fingerprint density at radius 3 is 2.29 bits per heavy atom. The van der Waals surface area contributed by atoms with Gasteiger partial charge in [0.25, 0.3) is 0 Å². The third-order valence-electron chi connectivity index (χ3n) is 1.41. The van der Waals surface area contributed by atoms with Gasteiger partial charge in [-0.1, -0.05) is 6.92 Å². The zero-order chi connectivity index (χ0) is 5.44. The van der Waals surface area contributed by atoms with Crippen molar-refractivity contribution in [3.63, 3.8) is 0 Å². The first-order valence-corrected chi connectivity index (χ1v) is 2.42. The van der Waals surface area contributed by atoms with Gasteiger partial charge in [0.2, 0.25) is 0 Å². The first-order chi connectivity index (χ1) is 3.22. The molecule has 0 saturated heterocycles. The highest BCUT2D eigenvalue weighted by Gasteiger charge is 2.33. The van der Waals surface area contributed by atoms with Crippen molar-refractivity contribution in [2.75, 3.05) is 0 Å². The molecule has 0 aliphatic heterocycles. The van der Waals surface area contributed by atoms with Crippen LogP contribution in [0, 0.1) is 11.8 Å². The van der Waals surface area contributed by atoms with Crippen LogP contribution < -0.4 is 5.11 Å². The molecule has 1 fully saturated rings. The van der Waals surface area contributed by atoms with Crippen molar-refractivity contribution >= 4 is 5.97 Å². The second kappa shape index (κ2) is 1.22. The Kier molecular flexibility index (Phi) is 0.805. The SMILES string of the molecule is CC1CC1C(=O)[O-].